The highest BCUT2D eigenvalue weighted by atomic mass is 32.1. The number of amides is 1. The second-order valence-electron chi connectivity index (χ2n) is 9.61. The first-order chi connectivity index (χ1) is 13.5. The summed E-state index contributed by atoms with van der Waals surface area (Å²) in [5.74, 6) is 2.44. The first-order valence-electron chi connectivity index (χ1n) is 10.6. The highest BCUT2D eigenvalue weighted by Gasteiger charge is 2.51. The van der Waals surface area contributed by atoms with E-state index >= 15 is 0 Å². The van der Waals surface area contributed by atoms with Gasteiger partial charge in [0, 0.05) is 22.9 Å². The fourth-order valence-electron chi connectivity index (χ4n) is 6.79. The van der Waals surface area contributed by atoms with Gasteiger partial charge in [0.25, 0.3) is 5.91 Å². The number of hydrogen-bond donors (Lipinski definition) is 2. The zero-order valence-corrected chi connectivity index (χ0v) is 16.7. The Morgan fingerprint density at radius 2 is 1.82 bits per heavy atom. The number of pyridine rings is 1. The molecule has 6 heteroatoms. The van der Waals surface area contributed by atoms with E-state index in [0.29, 0.717) is 22.5 Å². The number of fused-ring (bicyclic) bond motifs is 2. The van der Waals surface area contributed by atoms with E-state index in [1.165, 1.54) is 30.6 Å². The first-order valence-corrected chi connectivity index (χ1v) is 11.4. The number of nitrogen functional groups attached to an aromatic ring is 1. The molecule has 0 unspecified atom stereocenters. The van der Waals surface area contributed by atoms with Crippen molar-refractivity contribution in [1.82, 2.24) is 10.3 Å². The molecule has 4 saturated carbocycles. The van der Waals surface area contributed by atoms with Gasteiger partial charge in [-0.1, -0.05) is 0 Å². The summed E-state index contributed by atoms with van der Waals surface area (Å²) >= 11 is 1.38. The number of hydrogen-bond acceptors (Lipinski definition) is 5. The molecule has 0 radical (unpaired) electrons. The summed E-state index contributed by atoms with van der Waals surface area (Å²) in [6, 6.07) is 1.87. The number of nitrogens with zero attached hydrogens (tertiary/aromatic N) is 1. The van der Waals surface area contributed by atoms with Gasteiger partial charge in [0.1, 0.15) is 9.71 Å². The number of nitrogens with two attached hydrogens (primary N) is 1. The molecule has 7 rings (SSSR count). The molecular formula is C22H25N3O2S. The van der Waals surface area contributed by atoms with Crippen molar-refractivity contribution in [3.05, 3.63) is 22.2 Å². The second kappa shape index (κ2) is 5.78. The molecular weight excluding hydrogens is 370 g/mol. The minimum Gasteiger partial charge on any atom is -0.397 e. The number of thiophene rings is 1. The van der Waals surface area contributed by atoms with E-state index < -0.39 is 0 Å². The average Bonchev–Trinajstić information content (AvgIpc) is 2.95. The maximum Gasteiger partial charge on any atom is 0.264 e. The highest BCUT2D eigenvalue weighted by Crippen LogP contribution is 2.55. The van der Waals surface area contributed by atoms with E-state index in [0.717, 1.165) is 65.8 Å². The SMILES string of the molecule is Nc1c(C(=O)NC23CC4CC(CC(C4)C2)C3)sc2nc3c(cc12)C(=O)CCC3. The number of anilines is 1. The smallest absolute Gasteiger partial charge is 0.264 e. The van der Waals surface area contributed by atoms with E-state index in [1.54, 1.807) is 0 Å². The molecule has 2 aromatic rings. The van der Waals surface area contributed by atoms with Gasteiger partial charge in [-0.15, -0.1) is 11.3 Å². The van der Waals surface area contributed by atoms with E-state index in [4.69, 9.17) is 10.7 Å². The summed E-state index contributed by atoms with van der Waals surface area (Å²) in [6.07, 6.45) is 9.67. The van der Waals surface area contributed by atoms with Gasteiger partial charge in [-0.3, -0.25) is 9.59 Å². The van der Waals surface area contributed by atoms with Crippen LogP contribution < -0.4 is 11.1 Å². The van der Waals surface area contributed by atoms with Crippen LogP contribution in [0.25, 0.3) is 10.2 Å². The van der Waals surface area contributed by atoms with Crippen molar-refractivity contribution in [1.29, 1.82) is 0 Å². The lowest BCUT2D eigenvalue weighted by atomic mass is 9.53. The molecule has 5 nitrogen and oxygen atoms in total. The lowest BCUT2D eigenvalue weighted by Gasteiger charge is -2.56. The van der Waals surface area contributed by atoms with Crippen LogP contribution in [0.1, 0.15) is 77.1 Å². The molecule has 2 heterocycles. The number of aryl methyl sites for hydroxylation is 1. The molecule has 0 atom stereocenters. The van der Waals surface area contributed by atoms with Crippen LogP contribution in [0.15, 0.2) is 6.07 Å². The minimum atomic E-state index is -0.0493. The molecule has 2 aromatic heterocycles. The van der Waals surface area contributed by atoms with Gasteiger partial charge in [0.15, 0.2) is 5.78 Å². The van der Waals surface area contributed by atoms with Crippen molar-refractivity contribution >= 4 is 38.9 Å². The molecule has 0 spiro atoms. The summed E-state index contributed by atoms with van der Waals surface area (Å²) < 4.78 is 0. The fraction of sp³-hybridized carbons (Fsp3) is 0.591. The maximum atomic E-state index is 13.2. The van der Waals surface area contributed by atoms with Crippen LogP contribution in [0.3, 0.4) is 0 Å². The van der Waals surface area contributed by atoms with Crippen LogP contribution >= 0.6 is 11.3 Å². The third-order valence-corrected chi connectivity index (χ3v) is 8.65. The standard InChI is InChI=1S/C22H25N3O2S/c23-18-15-7-14-16(2-1-3-17(14)26)24-21(15)28-19(18)20(27)25-22-8-11-4-12(9-22)6-13(5-11)10-22/h7,11-13H,1-6,8-10,23H2,(H,25,27). The second-order valence-corrected chi connectivity index (χ2v) is 10.6. The topological polar surface area (TPSA) is 85.1 Å². The van der Waals surface area contributed by atoms with Crippen LogP contribution in [0.5, 0.6) is 0 Å². The van der Waals surface area contributed by atoms with Crippen LogP contribution in [-0.2, 0) is 6.42 Å². The van der Waals surface area contributed by atoms with E-state index in [-0.39, 0.29) is 17.2 Å². The number of rotatable bonds is 2. The Kier molecular flexibility index (Phi) is 3.50. The number of carbonyl (C=O) groups excluding carboxylic acids is 2. The van der Waals surface area contributed by atoms with Gasteiger partial charge in [-0.05, 0) is 75.2 Å². The molecule has 5 aliphatic rings. The Labute approximate surface area is 168 Å². The lowest BCUT2D eigenvalue weighted by Crippen LogP contribution is -2.59. The number of Topliss-reactive ketones (excluding diaryl/α,β-unsaturated/α-hetero) is 1. The van der Waals surface area contributed by atoms with Crippen molar-refractivity contribution in [3.8, 4) is 0 Å². The zero-order chi connectivity index (χ0) is 19.0. The predicted octanol–water partition coefficient (Wildman–Crippen LogP) is 4.10. The van der Waals surface area contributed by atoms with E-state index in [2.05, 4.69) is 5.32 Å². The summed E-state index contributed by atoms with van der Waals surface area (Å²) in [7, 11) is 0. The first kappa shape index (κ1) is 17.0. The van der Waals surface area contributed by atoms with Crippen molar-refractivity contribution in [2.75, 3.05) is 5.73 Å². The molecule has 146 valence electrons. The Balaban J connectivity index is 1.34. The molecule has 4 bridgehead atoms. The van der Waals surface area contributed by atoms with E-state index in [1.807, 2.05) is 6.07 Å². The van der Waals surface area contributed by atoms with Crippen LogP contribution in [-0.4, -0.2) is 22.2 Å². The van der Waals surface area contributed by atoms with Crippen LogP contribution in [0, 0.1) is 17.8 Å². The van der Waals surface area contributed by atoms with Gasteiger partial charge >= 0.3 is 0 Å². The Bertz CT molecular complexity index is 989. The van der Waals surface area contributed by atoms with E-state index in [9.17, 15) is 9.59 Å². The Morgan fingerprint density at radius 1 is 1.14 bits per heavy atom. The molecule has 0 saturated heterocycles. The molecule has 0 aliphatic heterocycles. The predicted molar refractivity (Wildman–Crippen MR) is 110 cm³/mol. The number of nitrogens with one attached hydrogen (secondary N) is 1. The molecule has 28 heavy (non-hydrogen) atoms. The normalized spacial score (nSPS) is 33.3. The summed E-state index contributed by atoms with van der Waals surface area (Å²) in [5, 5.41) is 4.18. The molecule has 4 fully saturated rings. The third kappa shape index (κ3) is 2.46. The van der Waals surface area contributed by atoms with Gasteiger partial charge in [0.2, 0.25) is 0 Å². The maximum absolute atomic E-state index is 13.2. The van der Waals surface area contributed by atoms with Crippen molar-refractivity contribution in [3.63, 3.8) is 0 Å². The van der Waals surface area contributed by atoms with Crippen molar-refractivity contribution in [2.45, 2.75) is 63.3 Å². The largest absolute Gasteiger partial charge is 0.397 e. The number of ketones is 1. The fourth-order valence-corrected chi connectivity index (χ4v) is 7.78. The zero-order valence-electron chi connectivity index (χ0n) is 15.9. The molecule has 0 aromatic carbocycles. The van der Waals surface area contributed by atoms with Crippen molar-refractivity contribution in [2.24, 2.45) is 17.8 Å². The number of carbonyl (C=O) groups is 2. The minimum absolute atomic E-state index is 0.0307. The monoisotopic (exact) mass is 395 g/mol. The molecule has 5 aliphatic carbocycles. The highest BCUT2D eigenvalue weighted by molar-refractivity contribution is 7.21. The average molecular weight is 396 g/mol. The van der Waals surface area contributed by atoms with Gasteiger partial charge in [0.05, 0.1) is 11.4 Å². The van der Waals surface area contributed by atoms with Crippen LogP contribution in [0.4, 0.5) is 5.69 Å². The Morgan fingerprint density at radius 3 is 2.50 bits per heavy atom. The summed E-state index contributed by atoms with van der Waals surface area (Å²) in [4.78, 5) is 31.5. The summed E-state index contributed by atoms with van der Waals surface area (Å²) in [5.41, 5.74) is 8.39. The van der Waals surface area contributed by atoms with Crippen LogP contribution in [0.2, 0.25) is 0 Å². The number of aromatic nitrogens is 1. The molecule has 1 amide bonds. The Hall–Kier alpha value is -1.95. The van der Waals surface area contributed by atoms with Gasteiger partial charge in [-0.2, -0.15) is 0 Å². The third-order valence-electron chi connectivity index (χ3n) is 7.54. The van der Waals surface area contributed by atoms with Gasteiger partial charge in [-0.25, -0.2) is 4.98 Å². The lowest BCUT2D eigenvalue weighted by molar-refractivity contribution is -0.0166. The van der Waals surface area contributed by atoms with Crippen molar-refractivity contribution < 1.29 is 9.59 Å². The quantitative estimate of drug-likeness (QED) is 0.802. The summed E-state index contributed by atoms with van der Waals surface area (Å²) in [6.45, 7) is 0. The van der Waals surface area contributed by atoms with Gasteiger partial charge < -0.3 is 11.1 Å². The molecule has 3 N–H and O–H groups in total.